The van der Waals surface area contributed by atoms with Gasteiger partial charge in [0.2, 0.25) is 0 Å². The van der Waals surface area contributed by atoms with Crippen LogP contribution in [0.3, 0.4) is 0 Å². The molecule has 1 heterocycles. The van der Waals surface area contributed by atoms with E-state index in [9.17, 15) is 9.90 Å². The van der Waals surface area contributed by atoms with Crippen LogP contribution in [0.4, 0.5) is 0 Å². The molecule has 20 heavy (non-hydrogen) atoms. The van der Waals surface area contributed by atoms with E-state index in [1.807, 2.05) is 18.2 Å². The van der Waals surface area contributed by atoms with Crippen molar-refractivity contribution in [2.24, 2.45) is 0 Å². The first kappa shape index (κ1) is 12.3. The first-order chi connectivity index (χ1) is 9.72. The quantitative estimate of drug-likeness (QED) is 0.717. The third-order valence-corrected chi connectivity index (χ3v) is 3.28. The molecule has 0 bridgehead atoms. The fraction of sp³-hybridized carbons (Fsp3) is 0.0625. The van der Waals surface area contributed by atoms with Gasteiger partial charge in [0.05, 0.1) is 23.6 Å². The average molecular weight is 267 g/mol. The van der Waals surface area contributed by atoms with E-state index < -0.39 is 0 Å². The Bertz CT molecular complexity index is 775. The van der Waals surface area contributed by atoms with Crippen LogP contribution < -0.4 is 4.74 Å². The molecule has 0 aliphatic rings. The van der Waals surface area contributed by atoms with E-state index in [1.54, 1.807) is 31.5 Å². The summed E-state index contributed by atoms with van der Waals surface area (Å²) in [5, 5.41) is 10.5. The summed E-state index contributed by atoms with van der Waals surface area (Å²) in [4.78, 5) is 15.5. The van der Waals surface area contributed by atoms with Crippen molar-refractivity contribution in [2.45, 2.75) is 0 Å². The SMILES string of the molecule is COc1ccc(O)c2c(C(=O)c3ccccc3)c[nH]c12. The van der Waals surface area contributed by atoms with Crippen LogP contribution in [0.5, 0.6) is 11.5 Å². The molecule has 0 aliphatic carbocycles. The second kappa shape index (κ2) is 4.74. The van der Waals surface area contributed by atoms with Crippen LogP contribution in [0.15, 0.2) is 48.7 Å². The van der Waals surface area contributed by atoms with E-state index in [-0.39, 0.29) is 11.5 Å². The molecule has 0 atom stereocenters. The summed E-state index contributed by atoms with van der Waals surface area (Å²) in [6.45, 7) is 0. The largest absolute Gasteiger partial charge is 0.507 e. The standard InChI is InChI=1S/C16H13NO3/c1-20-13-8-7-12(18)14-11(9-17-15(13)14)16(19)10-5-3-2-4-6-10/h2-9,17-18H,1H3. The molecule has 100 valence electrons. The van der Waals surface area contributed by atoms with Gasteiger partial charge >= 0.3 is 0 Å². The summed E-state index contributed by atoms with van der Waals surface area (Å²) < 4.78 is 5.23. The molecule has 2 N–H and O–H groups in total. The molecule has 0 spiro atoms. The second-order valence-electron chi connectivity index (χ2n) is 4.43. The Morgan fingerprint density at radius 3 is 2.60 bits per heavy atom. The molecule has 0 saturated heterocycles. The third kappa shape index (κ3) is 1.82. The summed E-state index contributed by atoms with van der Waals surface area (Å²) in [7, 11) is 1.55. The van der Waals surface area contributed by atoms with E-state index in [4.69, 9.17) is 4.74 Å². The number of ether oxygens (including phenoxy) is 1. The van der Waals surface area contributed by atoms with Crippen LogP contribution in [0.2, 0.25) is 0 Å². The van der Waals surface area contributed by atoms with Crippen LogP contribution in [0, 0.1) is 0 Å². The fourth-order valence-corrected chi connectivity index (χ4v) is 2.30. The predicted molar refractivity (Wildman–Crippen MR) is 76.4 cm³/mol. The minimum atomic E-state index is -0.139. The van der Waals surface area contributed by atoms with Crippen molar-refractivity contribution in [3.8, 4) is 11.5 Å². The smallest absolute Gasteiger partial charge is 0.195 e. The van der Waals surface area contributed by atoms with E-state index in [0.29, 0.717) is 27.8 Å². The predicted octanol–water partition coefficient (Wildman–Crippen LogP) is 3.11. The van der Waals surface area contributed by atoms with Gasteiger partial charge in [-0.1, -0.05) is 30.3 Å². The van der Waals surface area contributed by atoms with Crippen LogP contribution in [0.25, 0.3) is 10.9 Å². The van der Waals surface area contributed by atoms with Gasteiger partial charge in [-0.3, -0.25) is 4.79 Å². The van der Waals surface area contributed by atoms with Crippen molar-refractivity contribution in [1.29, 1.82) is 0 Å². The number of carbonyl (C=O) groups excluding carboxylic acids is 1. The number of aromatic hydroxyl groups is 1. The molecule has 0 amide bonds. The first-order valence-electron chi connectivity index (χ1n) is 6.19. The van der Waals surface area contributed by atoms with E-state index in [1.165, 1.54) is 6.07 Å². The van der Waals surface area contributed by atoms with Crippen molar-refractivity contribution in [1.82, 2.24) is 4.98 Å². The zero-order valence-electron chi connectivity index (χ0n) is 10.9. The van der Waals surface area contributed by atoms with Crippen molar-refractivity contribution in [3.63, 3.8) is 0 Å². The molecule has 2 aromatic carbocycles. The normalized spacial score (nSPS) is 10.7. The van der Waals surface area contributed by atoms with Crippen LogP contribution in [-0.2, 0) is 0 Å². The number of ketones is 1. The highest BCUT2D eigenvalue weighted by atomic mass is 16.5. The number of benzene rings is 2. The Morgan fingerprint density at radius 1 is 1.15 bits per heavy atom. The molecule has 0 radical (unpaired) electrons. The molecular formula is C16H13NO3. The Labute approximate surface area is 115 Å². The molecule has 1 aromatic heterocycles. The number of H-pyrrole nitrogens is 1. The number of aromatic nitrogens is 1. The van der Waals surface area contributed by atoms with Crippen molar-refractivity contribution >= 4 is 16.7 Å². The summed E-state index contributed by atoms with van der Waals surface area (Å²) >= 11 is 0. The van der Waals surface area contributed by atoms with E-state index in [0.717, 1.165) is 0 Å². The van der Waals surface area contributed by atoms with Crippen molar-refractivity contribution in [2.75, 3.05) is 7.11 Å². The summed E-state index contributed by atoms with van der Waals surface area (Å²) in [5.41, 5.74) is 1.63. The number of rotatable bonds is 3. The molecule has 3 aromatic rings. The molecule has 4 nitrogen and oxygen atoms in total. The maximum Gasteiger partial charge on any atom is 0.195 e. The first-order valence-corrected chi connectivity index (χ1v) is 6.19. The molecular weight excluding hydrogens is 254 g/mol. The highest BCUT2D eigenvalue weighted by molar-refractivity contribution is 6.18. The Hall–Kier alpha value is -2.75. The third-order valence-electron chi connectivity index (χ3n) is 3.28. The maximum atomic E-state index is 12.5. The minimum Gasteiger partial charge on any atom is -0.507 e. The van der Waals surface area contributed by atoms with Crippen LogP contribution >= 0.6 is 0 Å². The number of phenols is 1. The molecule has 0 aliphatic heterocycles. The van der Waals surface area contributed by atoms with Gasteiger partial charge in [0.25, 0.3) is 0 Å². The monoisotopic (exact) mass is 267 g/mol. The zero-order chi connectivity index (χ0) is 14.1. The highest BCUT2D eigenvalue weighted by Crippen LogP contribution is 2.35. The number of aromatic amines is 1. The molecule has 0 fully saturated rings. The lowest BCUT2D eigenvalue weighted by Gasteiger charge is -2.04. The summed E-state index contributed by atoms with van der Waals surface area (Å²) in [6, 6.07) is 12.1. The van der Waals surface area contributed by atoms with Gasteiger partial charge in [0.1, 0.15) is 11.5 Å². The van der Waals surface area contributed by atoms with Gasteiger partial charge in [-0.25, -0.2) is 0 Å². The number of fused-ring (bicyclic) bond motifs is 1. The van der Waals surface area contributed by atoms with Gasteiger partial charge in [0.15, 0.2) is 5.78 Å². The Kier molecular flexibility index (Phi) is 2.91. The lowest BCUT2D eigenvalue weighted by Crippen LogP contribution is -1.99. The maximum absolute atomic E-state index is 12.5. The number of carbonyl (C=O) groups is 1. The number of phenolic OH excluding ortho intramolecular Hbond substituents is 1. The Morgan fingerprint density at radius 2 is 1.90 bits per heavy atom. The number of hydrogen-bond donors (Lipinski definition) is 2. The van der Waals surface area contributed by atoms with Gasteiger partial charge in [-0.05, 0) is 12.1 Å². The van der Waals surface area contributed by atoms with Crippen LogP contribution in [-0.4, -0.2) is 23.0 Å². The molecule has 4 heteroatoms. The average Bonchev–Trinajstić information content (AvgIpc) is 2.94. The van der Waals surface area contributed by atoms with Gasteiger partial charge in [-0.15, -0.1) is 0 Å². The molecule has 0 saturated carbocycles. The van der Waals surface area contributed by atoms with Gasteiger partial charge in [0, 0.05) is 11.8 Å². The lowest BCUT2D eigenvalue weighted by atomic mass is 10.0. The highest BCUT2D eigenvalue weighted by Gasteiger charge is 2.18. The molecule has 0 unspecified atom stereocenters. The minimum absolute atomic E-state index is 0.0568. The second-order valence-corrected chi connectivity index (χ2v) is 4.43. The van der Waals surface area contributed by atoms with Crippen LogP contribution in [0.1, 0.15) is 15.9 Å². The van der Waals surface area contributed by atoms with Crippen molar-refractivity contribution < 1.29 is 14.6 Å². The lowest BCUT2D eigenvalue weighted by molar-refractivity contribution is 0.104. The number of hydrogen-bond acceptors (Lipinski definition) is 3. The van der Waals surface area contributed by atoms with Gasteiger partial charge in [-0.2, -0.15) is 0 Å². The van der Waals surface area contributed by atoms with E-state index >= 15 is 0 Å². The van der Waals surface area contributed by atoms with E-state index in [2.05, 4.69) is 4.98 Å². The topological polar surface area (TPSA) is 62.3 Å². The Balaban J connectivity index is 2.21. The van der Waals surface area contributed by atoms with Gasteiger partial charge < -0.3 is 14.8 Å². The molecule has 3 rings (SSSR count). The number of nitrogens with one attached hydrogen (secondary N) is 1. The summed E-state index contributed by atoms with van der Waals surface area (Å²) in [6.07, 6.45) is 1.60. The summed E-state index contributed by atoms with van der Waals surface area (Å²) in [5.74, 6) is 0.506. The number of methoxy groups -OCH3 is 1. The fourth-order valence-electron chi connectivity index (χ4n) is 2.30. The van der Waals surface area contributed by atoms with Crippen molar-refractivity contribution in [3.05, 3.63) is 59.8 Å². The zero-order valence-corrected chi connectivity index (χ0v) is 10.9.